The van der Waals surface area contributed by atoms with Gasteiger partial charge in [-0.3, -0.25) is 4.79 Å². The van der Waals surface area contributed by atoms with Crippen LogP contribution in [0.25, 0.3) is 0 Å². The van der Waals surface area contributed by atoms with E-state index in [0.717, 1.165) is 16.9 Å². The minimum Gasteiger partial charge on any atom is -0.497 e. The highest BCUT2D eigenvalue weighted by Gasteiger charge is 2.30. The van der Waals surface area contributed by atoms with E-state index in [1.165, 1.54) is 5.56 Å². The highest BCUT2D eigenvalue weighted by Crippen LogP contribution is 2.25. The lowest BCUT2D eigenvalue weighted by atomic mass is 10.0. The van der Waals surface area contributed by atoms with Crippen molar-refractivity contribution >= 4 is 12.1 Å². The Morgan fingerprint density at radius 1 is 1.22 bits per heavy atom. The Balaban J connectivity index is 1.52. The molecule has 27 heavy (non-hydrogen) atoms. The largest absolute Gasteiger partial charge is 0.497 e. The summed E-state index contributed by atoms with van der Waals surface area (Å²) in [4.78, 5) is 12.3. The first-order valence-electron chi connectivity index (χ1n) is 9.14. The maximum absolute atomic E-state index is 12.3. The molecule has 1 heterocycles. The number of methoxy groups -OCH3 is 1. The topological polar surface area (TPSA) is 74.8 Å². The van der Waals surface area contributed by atoms with Crippen molar-refractivity contribution in [2.45, 2.75) is 38.3 Å². The smallest absolute Gasteiger partial charge is 0.258 e. The molecule has 6 heteroatoms. The standard InChI is InChI=1S/C21H26N4O2/c1-14(2)16-9-7-15(8-10-16)13-22-25-21(26)20-12-19(23-24-20)17-5-4-6-18(11-17)27-3/h4-11,13-14,19-20,23-24H,12H2,1-3H3,(H,25,26)/b22-13-. The van der Waals surface area contributed by atoms with E-state index < -0.39 is 0 Å². The van der Waals surface area contributed by atoms with E-state index >= 15 is 0 Å². The second-order valence-electron chi connectivity index (χ2n) is 6.96. The summed E-state index contributed by atoms with van der Waals surface area (Å²) in [7, 11) is 1.64. The van der Waals surface area contributed by atoms with Crippen molar-refractivity contribution in [1.29, 1.82) is 0 Å². The van der Waals surface area contributed by atoms with Gasteiger partial charge in [-0.2, -0.15) is 5.10 Å². The Labute approximate surface area is 160 Å². The number of nitrogens with one attached hydrogen (secondary N) is 3. The van der Waals surface area contributed by atoms with Crippen molar-refractivity contribution in [3.05, 3.63) is 65.2 Å². The normalized spacial score (nSPS) is 19.6. The van der Waals surface area contributed by atoms with Crippen LogP contribution >= 0.6 is 0 Å². The van der Waals surface area contributed by atoms with Gasteiger partial charge in [0.05, 0.1) is 13.3 Å². The zero-order chi connectivity index (χ0) is 19.2. The predicted molar refractivity (Wildman–Crippen MR) is 107 cm³/mol. The summed E-state index contributed by atoms with van der Waals surface area (Å²) in [6, 6.07) is 15.7. The van der Waals surface area contributed by atoms with E-state index in [0.29, 0.717) is 12.3 Å². The highest BCUT2D eigenvalue weighted by molar-refractivity contribution is 5.85. The molecule has 1 saturated heterocycles. The molecule has 0 saturated carbocycles. The first kappa shape index (κ1) is 19.1. The molecule has 0 radical (unpaired) electrons. The summed E-state index contributed by atoms with van der Waals surface area (Å²) in [6.45, 7) is 4.31. The molecule has 2 atom stereocenters. The van der Waals surface area contributed by atoms with Crippen LogP contribution in [0.2, 0.25) is 0 Å². The quantitative estimate of drug-likeness (QED) is 0.543. The van der Waals surface area contributed by atoms with Gasteiger partial charge in [0.25, 0.3) is 5.91 Å². The molecule has 2 aromatic rings. The molecule has 2 unspecified atom stereocenters. The number of hydrogen-bond acceptors (Lipinski definition) is 5. The van der Waals surface area contributed by atoms with Gasteiger partial charge < -0.3 is 4.74 Å². The van der Waals surface area contributed by atoms with Crippen LogP contribution in [0.3, 0.4) is 0 Å². The average molecular weight is 366 g/mol. The molecule has 3 N–H and O–H groups in total. The van der Waals surface area contributed by atoms with Gasteiger partial charge in [0.1, 0.15) is 11.8 Å². The van der Waals surface area contributed by atoms with Gasteiger partial charge in [0.15, 0.2) is 0 Å². The van der Waals surface area contributed by atoms with Crippen molar-refractivity contribution in [2.24, 2.45) is 5.10 Å². The molecule has 2 aromatic carbocycles. The highest BCUT2D eigenvalue weighted by atomic mass is 16.5. The third kappa shape index (κ3) is 4.93. The summed E-state index contributed by atoms with van der Waals surface area (Å²) in [5.74, 6) is 1.13. The lowest BCUT2D eigenvalue weighted by Crippen LogP contribution is -2.41. The lowest BCUT2D eigenvalue weighted by Gasteiger charge is -2.10. The molecule has 0 spiro atoms. The fraction of sp³-hybridized carbons (Fsp3) is 0.333. The van der Waals surface area contributed by atoms with Crippen LogP contribution in [-0.4, -0.2) is 25.3 Å². The molecule has 6 nitrogen and oxygen atoms in total. The fourth-order valence-electron chi connectivity index (χ4n) is 3.02. The number of amides is 1. The number of carbonyl (C=O) groups is 1. The van der Waals surface area contributed by atoms with Crippen molar-refractivity contribution < 1.29 is 9.53 Å². The number of hydrazine groups is 1. The minimum atomic E-state index is -0.346. The van der Waals surface area contributed by atoms with Crippen molar-refractivity contribution in [2.75, 3.05) is 7.11 Å². The summed E-state index contributed by atoms with van der Waals surface area (Å²) in [5.41, 5.74) is 12.1. The third-order valence-corrected chi connectivity index (χ3v) is 4.71. The number of carbonyl (C=O) groups excluding carboxylic acids is 1. The van der Waals surface area contributed by atoms with Gasteiger partial charge >= 0.3 is 0 Å². The summed E-state index contributed by atoms with van der Waals surface area (Å²) in [5, 5.41) is 4.07. The fourth-order valence-corrected chi connectivity index (χ4v) is 3.02. The third-order valence-electron chi connectivity index (χ3n) is 4.71. The number of rotatable bonds is 6. The average Bonchev–Trinajstić information content (AvgIpc) is 3.19. The maximum atomic E-state index is 12.3. The number of hydrogen-bond donors (Lipinski definition) is 3. The summed E-state index contributed by atoms with van der Waals surface area (Å²) in [6.07, 6.45) is 2.29. The van der Waals surface area contributed by atoms with Gasteiger partial charge in [-0.15, -0.1) is 0 Å². The van der Waals surface area contributed by atoms with Gasteiger partial charge in [0, 0.05) is 6.04 Å². The second-order valence-corrected chi connectivity index (χ2v) is 6.96. The van der Waals surface area contributed by atoms with E-state index in [1.54, 1.807) is 13.3 Å². The number of nitrogens with zero attached hydrogens (tertiary/aromatic N) is 1. The number of hydrazone groups is 1. The zero-order valence-electron chi connectivity index (χ0n) is 15.9. The molecule has 1 aliphatic rings. The van der Waals surface area contributed by atoms with E-state index in [9.17, 15) is 4.79 Å². The van der Waals surface area contributed by atoms with Crippen LogP contribution in [0.15, 0.2) is 53.6 Å². The molecule has 142 valence electrons. The van der Waals surface area contributed by atoms with Gasteiger partial charge in [-0.1, -0.05) is 50.2 Å². The van der Waals surface area contributed by atoms with Crippen molar-refractivity contribution in [1.82, 2.24) is 16.3 Å². The maximum Gasteiger partial charge on any atom is 0.258 e. The van der Waals surface area contributed by atoms with Crippen molar-refractivity contribution in [3.8, 4) is 5.75 Å². The number of benzene rings is 2. The SMILES string of the molecule is COc1cccc(C2CC(C(=O)N/N=C\c3ccc(C(C)C)cc3)NN2)c1. The lowest BCUT2D eigenvalue weighted by molar-refractivity contribution is -0.122. The minimum absolute atomic E-state index is 0.0448. The van der Waals surface area contributed by atoms with E-state index in [4.69, 9.17) is 4.74 Å². The van der Waals surface area contributed by atoms with Crippen molar-refractivity contribution in [3.63, 3.8) is 0 Å². The van der Waals surface area contributed by atoms with Crippen LogP contribution in [0.5, 0.6) is 5.75 Å². The van der Waals surface area contributed by atoms with Crippen LogP contribution in [0.4, 0.5) is 0 Å². The molecule has 1 aliphatic heterocycles. The zero-order valence-corrected chi connectivity index (χ0v) is 15.9. The summed E-state index contributed by atoms with van der Waals surface area (Å²) < 4.78 is 5.26. The van der Waals surface area contributed by atoms with E-state index in [1.807, 2.05) is 36.4 Å². The van der Waals surface area contributed by atoms with Gasteiger partial charge in [0.2, 0.25) is 0 Å². The Morgan fingerprint density at radius 3 is 2.70 bits per heavy atom. The van der Waals surface area contributed by atoms with E-state index in [2.05, 4.69) is 47.4 Å². The Hall–Kier alpha value is -2.70. The molecule has 0 aliphatic carbocycles. The molecule has 0 aromatic heterocycles. The monoisotopic (exact) mass is 366 g/mol. The molecule has 3 rings (SSSR count). The molecule has 1 amide bonds. The molecular weight excluding hydrogens is 340 g/mol. The van der Waals surface area contributed by atoms with E-state index in [-0.39, 0.29) is 18.0 Å². The molecular formula is C21H26N4O2. The van der Waals surface area contributed by atoms with Crippen LogP contribution in [0, 0.1) is 0 Å². The van der Waals surface area contributed by atoms with Gasteiger partial charge in [-0.05, 0) is 41.2 Å². The van der Waals surface area contributed by atoms with Crippen LogP contribution in [0.1, 0.15) is 48.9 Å². The first-order chi connectivity index (χ1) is 13.1. The molecule has 1 fully saturated rings. The predicted octanol–water partition coefficient (Wildman–Crippen LogP) is 2.88. The Bertz CT molecular complexity index is 802. The molecule has 0 bridgehead atoms. The number of ether oxygens (including phenoxy) is 1. The second kappa shape index (κ2) is 8.79. The Kier molecular flexibility index (Phi) is 6.21. The first-order valence-corrected chi connectivity index (χ1v) is 9.14. The van der Waals surface area contributed by atoms with Gasteiger partial charge in [-0.25, -0.2) is 16.3 Å². The van der Waals surface area contributed by atoms with Crippen LogP contribution < -0.4 is 21.0 Å². The summed E-state index contributed by atoms with van der Waals surface area (Å²) >= 11 is 0. The Morgan fingerprint density at radius 2 is 2.00 bits per heavy atom. The van der Waals surface area contributed by atoms with Crippen LogP contribution in [-0.2, 0) is 4.79 Å².